The van der Waals surface area contributed by atoms with Gasteiger partial charge in [-0.05, 0) is 12.1 Å². The number of rotatable bonds is 3. The Balaban J connectivity index is 1.79. The Labute approximate surface area is 153 Å². The fourth-order valence-corrected chi connectivity index (χ4v) is 3.84. The zero-order valence-corrected chi connectivity index (χ0v) is 15.5. The summed E-state index contributed by atoms with van der Waals surface area (Å²) in [7, 11) is 3.32. The Morgan fingerprint density at radius 2 is 2.04 bits per heavy atom. The third-order valence-electron chi connectivity index (χ3n) is 3.83. The maximum atomic E-state index is 12.3. The Morgan fingerprint density at radius 1 is 1.33 bits per heavy atom. The normalized spacial score (nSPS) is 12.9. The lowest BCUT2D eigenvalue weighted by molar-refractivity contribution is 0.102. The van der Waals surface area contributed by atoms with Gasteiger partial charge in [0.15, 0.2) is 5.78 Å². The lowest BCUT2D eigenvalue weighted by atomic mass is 10.1. The molecule has 2 heterocycles. The molecule has 0 saturated carbocycles. The summed E-state index contributed by atoms with van der Waals surface area (Å²) in [6, 6.07) is 6.98. The van der Waals surface area contributed by atoms with Gasteiger partial charge in [0, 0.05) is 31.6 Å². The average molecular weight is 380 g/mol. The molecule has 5 nitrogen and oxygen atoms in total. The highest BCUT2D eigenvalue weighted by Crippen LogP contribution is 2.30. The van der Waals surface area contributed by atoms with E-state index in [1.165, 1.54) is 20.9 Å². The van der Waals surface area contributed by atoms with Crippen LogP contribution in [0.1, 0.15) is 15.9 Å². The maximum Gasteiger partial charge on any atom is 0.330 e. The van der Waals surface area contributed by atoms with Crippen molar-refractivity contribution in [3.8, 4) is 0 Å². The number of hydrogen-bond acceptors (Lipinski definition) is 5. The van der Waals surface area contributed by atoms with Crippen LogP contribution in [0, 0.1) is 4.64 Å². The van der Waals surface area contributed by atoms with Crippen LogP contribution < -0.4 is 5.69 Å². The molecule has 0 radical (unpaired) electrons. The van der Waals surface area contributed by atoms with Crippen molar-refractivity contribution in [2.45, 2.75) is 6.42 Å². The van der Waals surface area contributed by atoms with E-state index in [4.69, 9.17) is 23.8 Å². The van der Waals surface area contributed by atoms with Crippen LogP contribution in [0.25, 0.3) is 0 Å². The van der Waals surface area contributed by atoms with Crippen molar-refractivity contribution in [3.63, 3.8) is 0 Å². The Bertz CT molecular complexity index is 992. The number of ketones is 1. The molecule has 2 aromatic rings. The Kier molecular flexibility index (Phi) is 4.76. The molecular formula is C16H14ClN3O2S2. The van der Waals surface area contributed by atoms with Gasteiger partial charge < -0.3 is 0 Å². The maximum absolute atomic E-state index is 12.3. The number of nitrogens with zero attached hydrogens (tertiary/aromatic N) is 3. The molecule has 0 N–H and O–H groups in total. The van der Waals surface area contributed by atoms with Gasteiger partial charge in [-0.3, -0.25) is 13.9 Å². The topological polar surface area (TPSA) is 56.4 Å². The lowest BCUT2D eigenvalue weighted by Crippen LogP contribution is -2.28. The third kappa shape index (κ3) is 2.99. The molecule has 0 fully saturated rings. The second-order valence-corrected chi connectivity index (χ2v) is 7.22. The lowest BCUT2D eigenvalue weighted by Gasteiger charge is -2.07. The molecule has 24 heavy (non-hydrogen) atoms. The van der Waals surface area contributed by atoms with Crippen LogP contribution in [0.15, 0.2) is 34.1 Å². The van der Waals surface area contributed by atoms with Gasteiger partial charge in [0.25, 0.3) is 0 Å². The standard InChI is InChI=1S/C16H14ClN3O2S2/c1-19-14-10(15(23)20(2)16(19)22)7-13(18-14)24-8-12(21)9-5-3-4-6-11(9)17/h3-6H,7-8H2,1-2H3. The zero-order chi connectivity index (χ0) is 17.4. The number of thioether (sulfide) groups is 1. The van der Waals surface area contributed by atoms with Gasteiger partial charge in [0.1, 0.15) is 10.5 Å². The van der Waals surface area contributed by atoms with Crippen molar-refractivity contribution in [2.24, 2.45) is 19.1 Å². The Morgan fingerprint density at radius 3 is 2.75 bits per heavy atom. The highest BCUT2D eigenvalue weighted by Gasteiger charge is 2.22. The molecule has 0 spiro atoms. The minimum Gasteiger partial charge on any atom is -0.293 e. The molecule has 0 aliphatic carbocycles. The second-order valence-electron chi connectivity index (χ2n) is 5.38. The van der Waals surface area contributed by atoms with Gasteiger partial charge in [-0.25, -0.2) is 9.79 Å². The number of benzene rings is 1. The van der Waals surface area contributed by atoms with E-state index in [0.717, 1.165) is 10.6 Å². The number of fused-ring (bicyclic) bond motifs is 1. The van der Waals surface area contributed by atoms with Gasteiger partial charge >= 0.3 is 5.69 Å². The summed E-state index contributed by atoms with van der Waals surface area (Å²) in [6.45, 7) is 0. The fraction of sp³-hybridized carbons (Fsp3) is 0.250. The van der Waals surface area contributed by atoms with Crippen LogP contribution >= 0.6 is 35.6 Å². The van der Waals surface area contributed by atoms with E-state index in [2.05, 4.69) is 4.99 Å². The quantitative estimate of drug-likeness (QED) is 0.606. The summed E-state index contributed by atoms with van der Waals surface area (Å²) in [6.07, 6.45) is 0.538. The molecule has 1 aromatic carbocycles. The van der Waals surface area contributed by atoms with E-state index >= 15 is 0 Å². The highest BCUT2D eigenvalue weighted by molar-refractivity contribution is 8.14. The van der Waals surface area contributed by atoms with E-state index in [1.54, 1.807) is 38.4 Å². The van der Waals surface area contributed by atoms with Gasteiger partial charge in [-0.1, -0.05) is 36.0 Å². The fourth-order valence-electron chi connectivity index (χ4n) is 2.51. The third-order valence-corrected chi connectivity index (χ3v) is 5.65. The molecule has 1 aromatic heterocycles. The van der Waals surface area contributed by atoms with E-state index in [1.807, 2.05) is 0 Å². The minimum absolute atomic E-state index is 0.0534. The van der Waals surface area contributed by atoms with E-state index < -0.39 is 0 Å². The largest absolute Gasteiger partial charge is 0.330 e. The predicted molar refractivity (Wildman–Crippen MR) is 101 cm³/mol. The van der Waals surface area contributed by atoms with Gasteiger partial charge in [0.2, 0.25) is 0 Å². The number of carbonyl (C=O) groups is 1. The van der Waals surface area contributed by atoms with Crippen LogP contribution in [-0.4, -0.2) is 25.7 Å². The van der Waals surface area contributed by atoms with Crippen molar-refractivity contribution >= 4 is 52.2 Å². The van der Waals surface area contributed by atoms with E-state index in [-0.39, 0.29) is 17.2 Å². The average Bonchev–Trinajstić information content (AvgIpc) is 3.01. The van der Waals surface area contributed by atoms with Crippen molar-refractivity contribution < 1.29 is 4.79 Å². The number of aliphatic imine (C=N–C) groups is 1. The van der Waals surface area contributed by atoms with Gasteiger partial charge in [-0.15, -0.1) is 11.8 Å². The SMILES string of the molecule is Cn1c2c(c(=S)n(C)c1=O)CC(SCC(=O)c1ccccc1Cl)=N2. The summed E-state index contributed by atoms with van der Waals surface area (Å²) in [5.74, 6) is 0.765. The molecule has 124 valence electrons. The molecule has 1 aliphatic heterocycles. The summed E-state index contributed by atoms with van der Waals surface area (Å²) < 4.78 is 3.41. The first kappa shape index (κ1) is 17.1. The summed E-state index contributed by atoms with van der Waals surface area (Å²) in [4.78, 5) is 28.8. The number of halogens is 1. The summed E-state index contributed by atoms with van der Waals surface area (Å²) in [5.41, 5.74) is 1.15. The minimum atomic E-state index is -0.208. The highest BCUT2D eigenvalue weighted by atomic mass is 35.5. The molecule has 0 atom stereocenters. The molecule has 0 saturated heterocycles. The number of hydrogen-bond donors (Lipinski definition) is 0. The molecule has 1 aliphatic rings. The van der Waals surface area contributed by atoms with Crippen LogP contribution in [0.4, 0.5) is 5.82 Å². The van der Waals surface area contributed by atoms with Gasteiger partial charge in [-0.2, -0.15) is 0 Å². The van der Waals surface area contributed by atoms with Crippen LogP contribution in [0.3, 0.4) is 0 Å². The zero-order valence-electron chi connectivity index (χ0n) is 13.1. The van der Waals surface area contributed by atoms with E-state index in [9.17, 15) is 9.59 Å². The van der Waals surface area contributed by atoms with Crippen LogP contribution in [0.2, 0.25) is 5.02 Å². The van der Waals surface area contributed by atoms with E-state index in [0.29, 0.717) is 27.5 Å². The first-order valence-electron chi connectivity index (χ1n) is 7.17. The molecule has 8 heteroatoms. The molecule has 3 rings (SSSR count). The number of aromatic nitrogens is 2. The second kappa shape index (κ2) is 6.66. The van der Waals surface area contributed by atoms with Crippen molar-refractivity contribution in [1.82, 2.24) is 9.13 Å². The smallest absolute Gasteiger partial charge is 0.293 e. The van der Waals surface area contributed by atoms with Crippen molar-refractivity contribution in [2.75, 3.05) is 5.75 Å². The Hall–Kier alpha value is -1.70. The first-order chi connectivity index (χ1) is 11.4. The summed E-state index contributed by atoms with van der Waals surface area (Å²) in [5, 5.41) is 1.22. The molecule has 0 bridgehead atoms. The van der Waals surface area contributed by atoms with Gasteiger partial charge in [0.05, 0.1) is 15.8 Å². The number of Topliss-reactive ketones (excluding diaryl/α,β-unsaturated/α-hetero) is 1. The monoisotopic (exact) mass is 379 g/mol. The first-order valence-corrected chi connectivity index (χ1v) is 8.94. The molecular weight excluding hydrogens is 366 g/mol. The van der Waals surface area contributed by atoms with Crippen molar-refractivity contribution in [3.05, 3.63) is 55.5 Å². The summed E-state index contributed by atoms with van der Waals surface area (Å²) >= 11 is 12.7. The predicted octanol–water partition coefficient (Wildman–Crippen LogP) is 3.31. The van der Waals surface area contributed by atoms with Crippen LogP contribution in [0.5, 0.6) is 0 Å². The molecule has 0 amide bonds. The number of carbonyl (C=O) groups excluding carboxylic acids is 1. The van der Waals surface area contributed by atoms with Crippen molar-refractivity contribution in [1.29, 1.82) is 0 Å². The molecule has 0 unspecified atom stereocenters. The van der Waals surface area contributed by atoms with Crippen LogP contribution in [-0.2, 0) is 20.5 Å².